The van der Waals surface area contributed by atoms with Gasteiger partial charge in [-0.05, 0) is 35.2 Å². The molecule has 2 heteroatoms. The molecule has 0 bridgehead atoms. The van der Waals surface area contributed by atoms with Gasteiger partial charge in [0.1, 0.15) is 5.78 Å². The molecule has 2 atom stereocenters. The number of ketones is 1. The summed E-state index contributed by atoms with van der Waals surface area (Å²) >= 11 is 1.66. The summed E-state index contributed by atoms with van der Waals surface area (Å²) in [6.45, 7) is 5.76. The fourth-order valence-electron chi connectivity index (χ4n) is 2.40. The first-order valence-electron chi connectivity index (χ1n) is 4.88. The Labute approximate surface area is 88.5 Å². The number of hydrogen-bond acceptors (Lipinski definition) is 2. The molecule has 0 saturated heterocycles. The number of rotatable bonds is 3. The fourth-order valence-corrected chi connectivity index (χ4v) is 3.16. The van der Waals surface area contributed by atoms with Crippen molar-refractivity contribution in [1.82, 2.24) is 0 Å². The highest BCUT2D eigenvalue weighted by Gasteiger charge is 2.51. The first-order valence-corrected chi connectivity index (χ1v) is 5.83. The summed E-state index contributed by atoms with van der Waals surface area (Å²) in [5, 5.41) is 4.13. The molecule has 2 rings (SSSR count). The lowest BCUT2D eigenvalue weighted by molar-refractivity contribution is -0.137. The average Bonchev–Trinajstić information content (AvgIpc) is 2.69. The third-order valence-corrected chi connectivity index (χ3v) is 3.82. The van der Waals surface area contributed by atoms with Crippen molar-refractivity contribution < 1.29 is 4.79 Å². The summed E-state index contributed by atoms with van der Waals surface area (Å²) in [5.74, 6) is 0.616. The topological polar surface area (TPSA) is 17.1 Å². The van der Waals surface area contributed by atoms with E-state index in [9.17, 15) is 4.79 Å². The largest absolute Gasteiger partial charge is 0.298 e. The Morgan fingerprint density at radius 3 is 3.00 bits per heavy atom. The van der Waals surface area contributed by atoms with E-state index in [-0.39, 0.29) is 11.3 Å². The van der Waals surface area contributed by atoms with Crippen molar-refractivity contribution in [3.8, 4) is 0 Å². The SMILES string of the molecule is C=CC[C@]1(c2ccsc2)C[C@@H](C)C1=O. The van der Waals surface area contributed by atoms with Crippen molar-refractivity contribution >= 4 is 17.1 Å². The normalized spacial score (nSPS) is 31.2. The lowest BCUT2D eigenvalue weighted by atomic mass is 9.57. The molecule has 0 aromatic carbocycles. The molecule has 1 saturated carbocycles. The molecule has 0 N–H and O–H groups in total. The Morgan fingerprint density at radius 1 is 1.79 bits per heavy atom. The van der Waals surface area contributed by atoms with Crippen molar-refractivity contribution in [3.63, 3.8) is 0 Å². The van der Waals surface area contributed by atoms with Crippen LogP contribution < -0.4 is 0 Å². The highest BCUT2D eigenvalue weighted by atomic mass is 32.1. The summed E-state index contributed by atoms with van der Waals surface area (Å²) in [5.41, 5.74) is 0.965. The predicted molar refractivity (Wildman–Crippen MR) is 59.6 cm³/mol. The molecule has 74 valence electrons. The van der Waals surface area contributed by atoms with Crippen molar-refractivity contribution in [2.24, 2.45) is 5.92 Å². The van der Waals surface area contributed by atoms with E-state index >= 15 is 0 Å². The molecule has 14 heavy (non-hydrogen) atoms. The number of hydrogen-bond donors (Lipinski definition) is 0. The third kappa shape index (κ3) is 1.17. The fraction of sp³-hybridized carbons (Fsp3) is 0.417. The second kappa shape index (κ2) is 3.35. The van der Waals surface area contributed by atoms with E-state index in [2.05, 4.69) is 18.0 Å². The molecule has 0 spiro atoms. The Bertz CT molecular complexity index is 352. The van der Waals surface area contributed by atoms with Crippen LogP contribution in [-0.2, 0) is 10.2 Å². The molecule has 1 aromatic heterocycles. The molecule has 0 amide bonds. The van der Waals surface area contributed by atoms with E-state index in [0.29, 0.717) is 5.78 Å². The summed E-state index contributed by atoms with van der Waals surface area (Å²) in [6, 6.07) is 2.07. The number of Topliss-reactive ketones (excluding diaryl/α,β-unsaturated/α-hetero) is 1. The molecule has 1 heterocycles. The van der Waals surface area contributed by atoms with Crippen molar-refractivity contribution in [2.75, 3.05) is 0 Å². The van der Waals surface area contributed by atoms with E-state index in [1.54, 1.807) is 11.3 Å². The van der Waals surface area contributed by atoms with Gasteiger partial charge in [0.25, 0.3) is 0 Å². The van der Waals surface area contributed by atoms with Gasteiger partial charge in [0.15, 0.2) is 0 Å². The van der Waals surface area contributed by atoms with Gasteiger partial charge in [0.2, 0.25) is 0 Å². The van der Waals surface area contributed by atoms with Gasteiger partial charge in [-0.2, -0.15) is 11.3 Å². The van der Waals surface area contributed by atoms with Gasteiger partial charge in [-0.15, -0.1) is 6.58 Å². The minimum Gasteiger partial charge on any atom is -0.298 e. The van der Waals surface area contributed by atoms with Gasteiger partial charge in [-0.25, -0.2) is 0 Å². The zero-order valence-electron chi connectivity index (χ0n) is 8.32. The van der Waals surface area contributed by atoms with Crippen molar-refractivity contribution in [3.05, 3.63) is 35.0 Å². The second-order valence-electron chi connectivity index (χ2n) is 4.06. The molecule has 1 fully saturated rings. The molecule has 0 unspecified atom stereocenters. The predicted octanol–water partition coefficient (Wildman–Crippen LogP) is 3.17. The van der Waals surface area contributed by atoms with Crippen molar-refractivity contribution in [1.29, 1.82) is 0 Å². The molecule has 1 aliphatic carbocycles. The van der Waals surface area contributed by atoms with E-state index in [1.807, 2.05) is 18.4 Å². The van der Waals surface area contributed by atoms with Gasteiger partial charge >= 0.3 is 0 Å². The van der Waals surface area contributed by atoms with Crippen LogP contribution in [0.1, 0.15) is 25.3 Å². The van der Waals surface area contributed by atoms with Crippen LogP contribution in [0.4, 0.5) is 0 Å². The quantitative estimate of drug-likeness (QED) is 0.694. The minimum absolute atomic E-state index is 0.221. The summed E-state index contributed by atoms with van der Waals surface area (Å²) in [7, 11) is 0. The van der Waals surface area contributed by atoms with E-state index < -0.39 is 0 Å². The van der Waals surface area contributed by atoms with Crippen LogP contribution in [0.15, 0.2) is 29.5 Å². The number of thiophene rings is 1. The maximum atomic E-state index is 11.9. The van der Waals surface area contributed by atoms with Gasteiger partial charge < -0.3 is 0 Å². The van der Waals surface area contributed by atoms with E-state index in [4.69, 9.17) is 0 Å². The van der Waals surface area contributed by atoms with Crippen molar-refractivity contribution in [2.45, 2.75) is 25.2 Å². The highest BCUT2D eigenvalue weighted by Crippen LogP contribution is 2.47. The van der Waals surface area contributed by atoms with Crippen LogP contribution in [0.3, 0.4) is 0 Å². The van der Waals surface area contributed by atoms with E-state index in [0.717, 1.165) is 12.8 Å². The minimum atomic E-state index is -0.221. The van der Waals surface area contributed by atoms with Gasteiger partial charge in [-0.1, -0.05) is 13.0 Å². The Balaban J connectivity index is 2.34. The Hall–Kier alpha value is -0.890. The Kier molecular flexibility index (Phi) is 2.31. The van der Waals surface area contributed by atoms with Crippen LogP contribution in [0.25, 0.3) is 0 Å². The van der Waals surface area contributed by atoms with Gasteiger partial charge in [-0.3, -0.25) is 4.79 Å². The van der Waals surface area contributed by atoms with Crippen LogP contribution in [0, 0.1) is 5.92 Å². The maximum Gasteiger partial charge on any atom is 0.146 e. The zero-order chi connectivity index (χ0) is 10.2. The van der Waals surface area contributed by atoms with Crippen LogP contribution >= 0.6 is 11.3 Å². The monoisotopic (exact) mass is 206 g/mol. The average molecular weight is 206 g/mol. The molecule has 1 nitrogen and oxygen atoms in total. The first kappa shape index (κ1) is 9.66. The lowest BCUT2D eigenvalue weighted by Crippen LogP contribution is -2.50. The first-order chi connectivity index (χ1) is 6.70. The van der Waals surface area contributed by atoms with Gasteiger partial charge in [0.05, 0.1) is 5.41 Å². The summed E-state index contributed by atoms with van der Waals surface area (Å²) in [6.07, 6.45) is 3.63. The molecule has 0 radical (unpaired) electrons. The van der Waals surface area contributed by atoms with Crippen LogP contribution in [0.2, 0.25) is 0 Å². The smallest absolute Gasteiger partial charge is 0.146 e. The number of allylic oxidation sites excluding steroid dienone is 1. The number of carbonyl (C=O) groups excluding carboxylic acids is 1. The zero-order valence-corrected chi connectivity index (χ0v) is 9.14. The van der Waals surface area contributed by atoms with Gasteiger partial charge in [0, 0.05) is 5.92 Å². The molecular weight excluding hydrogens is 192 g/mol. The lowest BCUT2D eigenvalue weighted by Gasteiger charge is -2.44. The molecular formula is C12H14OS. The van der Waals surface area contributed by atoms with Crippen LogP contribution in [0.5, 0.6) is 0 Å². The molecule has 1 aliphatic rings. The highest BCUT2D eigenvalue weighted by molar-refractivity contribution is 7.08. The molecule has 0 aliphatic heterocycles. The van der Waals surface area contributed by atoms with E-state index in [1.165, 1.54) is 5.56 Å². The second-order valence-corrected chi connectivity index (χ2v) is 4.84. The third-order valence-electron chi connectivity index (χ3n) is 3.14. The summed E-state index contributed by atoms with van der Waals surface area (Å²) < 4.78 is 0. The Morgan fingerprint density at radius 2 is 2.57 bits per heavy atom. The standard InChI is InChI=1S/C12H14OS/c1-3-5-12(7-9(2)11(12)13)10-4-6-14-8-10/h3-4,6,8-9H,1,5,7H2,2H3/t9-,12-/m1/s1. The molecule has 1 aromatic rings. The summed E-state index contributed by atoms with van der Waals surface area (Å²) in [4.78, 5) is 11.9. The van der Waals surface area contributed by atoms with Crippen LogP contribution in [-0.4, -0.2) is 5.78 Å². The maximum absolute atomic E-state index is 11.9. The number of carbonyl (C=O) groups is 1.